The van der Waals surface area contributed by atoms with Gasteiger partial charge in [-0.3, -0.25) is 0 Å². The van der Waals surface area contributed by atoms with Crippen LogP contribution in [0.3, 0.4) is 0 Å². The van der Waals surface area contributed by atoms with Crippen molar-refractivity contribution in [2.45, 2.75) is 27.7 Å². The first-order valence-corrected chi connectivity index (χ1v) is 5.33. The van der Waals surface area contributed by atoms with Gasteiger partial charge in [0.05, 0.1) is 12.7 Å². The van der Waals surface area contributed by atoms with Crippen LogP contribution < -0.4 is 10.4 Å². The lowest BCUT2D eigenvalue weighted by molar-refractivity contribution is 0.394. The van der Waals surface area contributed by atoms with Gasteiger partial charge in [-0.25, -0.2) is 4.79 Å². The molecule has 0 amide bonds. The van der Waals surface area contributed by atoms with Crippen LogP contribution in [-0.2, 0) is 0 Å². The van der Waals surface area contributed by atoms with Crippen molar-refractivity contribution < 1.29 is 9.15 Å². The van der Waals surface area contributed by atoms with E-state index in [4.69, 9.17) is 9.15 Å². The van der Waals surface area contributed by atoms with Crippen LogP contribution >= 0.6 is 0 Å². The largest absolute Gasteiger partial charge is 0.496 e. The molecule has 0 aliphatic rings. The number of ether oxygens (including phenoxy) is 1. The first kappa shape index (κ1) is 12.6. The van der Waals surface area contributed by atoms with E-state index < -0.39 is 0 Å². The minimum Gasteiger partial charge on any atom is -0.496 e. The van der Waals surface area contributed by atoms with E-state index in [1.807, 2.05) is 13.0 Å². The molecule has 0 radical (unpaired) electrons. The summed E-state index contributed by atoms with van der Waals surface area (Å²) in [7, 11) is 1.55. The molecule has 0 aliphatic carbocycles. The van der Waals surface area contributed by atoms with Crippen LogP contribution in [-0.4, -0.2) is 7.11 Å². The Hall–Kier alpha value is -1.51. The zero-order valence-corrected chi connectivity index (χ0v) is 10.5. The molecule has 0 bridgehead atoms. The maximum absolute atomic E-state index is 11.5. The van der Waals surface area contributed by atoms with Crippen molar-refractivity contribution in [1.29, 1.82) is 0 Å². The Morgan fingerprint density at radius 3 is 2.62 bits per heavy atom. The lowest BCUT2D eigenvalue weighted by atomic mass is 10.1. The predicted octanol–water partition coefficient (Wildman–Crippen LogP) is 3.02. The van der Waals surface area contributed by atoms with Crippen LogP contribution in [0.25, 0.3) is 5.57 Å². The topological polar surface area (TPSA) is 39.4 Å². The van der Waals surface area contributed by atoms with E-state index in [0.717, 1.165) is 5.57 Å². The Bertz CT molecular complexity index is 453. The van der Waals surface area contributed by atoms with Gasteiger partial charge in [0.2, 0.25) is 0 Å². The van der Waals surface area contributed by atoms with Gasteiger partial charge in [-0.2, -0.15) is 0 Å². The molecule has 0 fully saturated rings. The predicted molar refractivity (Wildman–Crippen MR) is 64.8 cm³/mol. The summed E-state index contributed by atoms with van der Waals surface area (Å²) in [5.74, 6) is 1.56. The summed E-state index contributed by atoms with van der Waals surface area (Å²) in [5, 5.41) is 0. The Morgan fingerprint density at radius 2 is 2.12 bits per heavy atom. The molecule has 0 aliphatic heterocycles. The number of allylic oxidation sites excluding steroid dienone is 2. The lowest BCUT2D eigenvalue weighted by Gasteiger charge is -2.07. The van der Waals surface area contributed by atoms with Crippen molar-refractivity contribution >= 4 is 5.57 Å². The van der Waals surface area contributed by atoms with Crippen molar-refractivity contribution in [2.75, 3.05) is 7.11 Å². The highest BCUT2D eigenvalue weighted by Gasteiger charge is 2.09. The third-order valence-corrected chi connectivity index (χ3v) is 2.33. The van der Waals surface area contributed by atoms with Crippen molar-refractivity contribution in [3.63, 3.8) is 0 Å². The van der Waals surface area contributed by atoms with Crippen LogP contribution in [0, 0.1) is 12.8 Å². The number of methoxy groups -OCH3 is 1. The molecule has 0 unspecified atom stereocenters. The normalized spacial score (nSPS) is 12.0. The average molecular weight is 222 g/mol. The molecule has 0 N–H and O–H groups in total. The Labute approximate surface area is 95.7 Å². The van der Waals surface area contributed by atoms with E-state index in [1.54, 1.807) is 20.1 Å². The number of hydrogen-bond acceptors (Lipinski definition) is 3. The molecule has 0 saturated heterocycles. The van der Waals surface area contributed by atoms with Gasteiger partial charge in [-0.15, -0.1) is 0 Å². The number of rotatable bonds is 3. The number of hydrogen-bond donors (Lipinski definition) is 0. The zero-order valence-electron chi connectivity index (χ0n) is 10.5. The van der Waals surface area contributed by atoms with E-state index in [2.05, 4.69) is 13.8 Å². The third kappa shape index (κ3) is 2.75. The molecule has 3 heteroatoms. The zero-order chi connectivity index (χ0) is 12.3. The quantitative estimate of drug-likeness (QED) is 0.789. The first-order chi connectivity index (χ1) is 7.45. The molecule has 1 aromatic rings. The summed E-state index contributed by atoms with van der Waals surface area (Å²) >= 11 is 0. The molecule has 16 heavy (non-hydrogen) atoms. The summed E-state index contributed by atoms with van der Waals surface area (Å²) in [6, 6.07) is 1.75. The Balaban J connectivity index is 3.27. The fourth-order valence-corrected chi connectivity index (χ4v) is 1.52. The van der Waals surface area contributed by atoms with Gasteiger partial charge >= 0.3 is 5.63 Å². The van der Waals surface area contributed by atoms with E-state index in [1.165, 1.54) is 0 Å². The maximum atomic E-state index is 11.5. The van der Waals surface area contributed by atoms with Crippen molar-refractivity contribution in [2.24, 2.45) is 5.92 Å². The van der Waals surface area contributed by atoms with Crippen molar-refractivity contribution in [3.05, 3.63) is 33.9 Å². The molecule has 0 atom stereocenters. The van der Waals surface area contributed by atoms with Gasteiger partial charge in [-0.05, 0) is 25.3 Å². The minimum absolute atomic E-state index is 0.342. The minimum atomic E-state index is -0.342. The second-order valence-corrected chi connectivity index (χ2v) is 4.19. The second-order valence-electron chi connectivity index (χ2n) is 4.19. The monoisotopic (exact) mass is 222 g/mol. The average Bonchev–Trinajstić information content (AvgIpc) is 2.20. The van der Waals surface area contributed by atoms with E-state index in [9.17, 15) is 4.79 Å². The fraction of sp³-hybridized carbons (Fsp3) is 0.462. The third-order valence-electron chi connectivity index (χ3n) is 2.33. The summed E-state index contributed by atoms with van der Waals surface area (Å²) in [6.07, 6.45) is 2.05. The van der Waals surface area contributed by atoms with E-state index >= 15 is 0 Å². The molecule has 0 saturated carbocycles. The van der Waals surface area contributed by atoms with Crippen LogP contribution in [0.2, 0.25) is 0 Å². The summed E-state index contributed by atoms with van der Waals surface area (Å²) in [5.41, 5.74) is 1.11. The van der Waals surface area contributed by atoms with Crippen molar-refractivity contribution in [1.82, 2.24) is 0 Å². The van der Waals surface area contributed by atoms with Gasteiger partial charge in [0.1, 0.15) is 11.5 Å². The van der Waals surface area contributed by atoms with Crippen LogP contribution in [0.5, 0.6) is 5.75 Å². The molecular weight excluding hydrogens is 204 g/mol. The molecule has 1 rings (SSSR count). The van der Waals surface area contributed by atoms with Crippen LogP contribution in [0.4, 0.5) is 0 Å². The summed E-state index contributed by atoms with van der Waals surface area (Å²) in [4.78, 5) is 11.5. The highest BCUT2D eigenvalue weighted by molar-refractivity contribution is 5.60. The van der Waals surface area contributed by atoms with Crippen LogP contribution in [0.15, 0.2) is 21.4 Å². The van der Waals surface area contributed by atoms with E-state index in [-0.39, 0.29) is 5.63 Å². The molecule has 3 nitrogen and oxygen atoms in total. The molecule has 0 spiro atoms. The maximum Gasteiger partial charge on any atom is 0.342 e. The van der Waals surface area contributed by atoms with Gasteiger partial charge in [0.25, 0.3) is 0 Å². The molecule has 88 valence electrons. The molecular formula is C13H18O3. The highest BCUT2D eigenvalue weighted by atomic mass is 16.5. The Morgan fingerprint density at radius 1 is 1.50 bits per heavy atom. The van der Waals surface area contributed by atoms with E-state index in [0.29, 0.717) is 23.0 Å². The first-order valence-electron chi connectivity index (χ1n) is 5.33. The van der Waals surface area contributed by atoms with Crippen molar-refractivity contribution in [3.8, 4) is 5.75 Å². The smallest absolute Gasteiger partial charge is 0.342 e. The second kappa shape index (κ2) is 5.01. The van der Waals surface area contributed by atoms with Gasteiger partial charge in [-0.1, -0.05) is 19.9 Å². The fourth-order valence-electron chi connectivity index (χ4n) is 1.52. The van der Waals surface area contributed by atoms with Gasteiger partial charge in [0.15, 0.2) is 0 Å². The summed E-state index contributed by atoms with van der Waals surface area (Å²) in [6.45, 7) is 7.77. The van der Waals surface area contributed by atoms with Gasteiger partial charge < -0.3 is 9.15 Å². The standard InChI is InChI=1S/C13H18O3/c1-8(2)6-9(3)11-7-12(15-5)10(4)13(14)16-11/h6-8H,1-5H3. The lowest BCUT2D eigenvalue weighted by Crippen LogP contribution is -2.07. The SMILES string of the molecule is COc1cc(C(C)=CC(C)C)oc(=O)c1C. The molecule has 1 aromatic heterocycles. The van der Waals surface area contributed by atoms with Crippen LogP contribution in [0.1, 0.15) is 32.1 Å². The molecule has 0 aromatic carbocycles. The highest BCUT2D eigenvalue weighted by Crippen LogP contribution is 2.21. The van der Waals surface area contributed by atoms with Gasteiger partial charge in [0, 0.05) is 6.07 Å². The molecule has 1 heterocycles. The Kier molecular flexibility index (Phi) is 3.93. The summed E-state index contributed by atoms with van der Waals surface area (Å²) < 4.78 is 10.3.